The number of hydrogen-bond donors (Lipinski definition) is 1. The zero-order valence-corrected chi connectivity index (χ0v) is 17.8. The number of aryl methyl sites for hydroxylation is 1. The summed E-state index contributed by atoms with van der Waals surface area (Å²) >= 11 is 0. The Hall–Kier alpha value is -3.80. The van der Waals surface area contributed by atoms with Crippen molar-refractivity contribution >= 4 is 5.91 Å². The molecule has 0 radical (unpaired) electrons. The summed E-state index contributed by atoms with van der Waals surface area (Å²) in [6.07, 6.45) is 6.20. The maximum absolute atomic E-state index is 13.0. The van der Waals surface area contributed by atoms with E-state index in [-0.39, 0.29) is 5.91 Å². The number of rotatable bonds is 8. The van der Waals surface area contributed by atoms with E-state index in [2.05, 4.69) is 10.4 Å². The van der Waals surface area contributed by atoms with Gasteiger partial charge in [-0.25, -0.2) is 4.68 Å². The van der Waals surface area contributed by atoms with Crippen LogP contribution >= 0.6 is 0 Å². The predicted molar refractivity (Wildman–Crippen MR) is 121 cm³/mol. The molecule has 0 saturated carbocycles. The zero-order chi connectivity index (χ0) is 21.6. The second kappa shape index (κ2) is 9.34. The molecule has 0 aliphatic heterocycles. The molecule has 31 heavy (non-hydrogen) atoms. The van der Waals surface area contributed by atoms with E-state index in [4.69, 9.17) is 4.74 Å². The Morgan fingerprint density at radius 1 is 1.03 bits per heavy atom. The first-order chi connectivity index (χ1) is 15.2. The quantitative estimate of drug-likeness (QED) is 0.466. The molecule has 4 aromatic rings. The van der Waals surface area contributed by atoms with Crippen molar-refractivity contribution in [2.75, 3.05) is 13.2 Å². The van der Waals surface area contributed by atoms with Gasteiger partial charge >= 0.3 is 0 Å². The SMILES string of the molecule is CCOc1ccc(CCNC(=O)c2cnn(-c3ccc(C)cc3)c2-n2cccc2)cc1. The maximum Gasteiger partial charge on any atom is 0.256 e. The molecular formula is C25H26N4O2. The topological polar surface area (TPSA) is 61.1 Å². The normalized spacial score (nSPS) is 10.8. The van der Waals surface area contributed by atoms with E-state index < -0.39 is 0 Å². The number of ether oxygens (including phenoxy) is 1. The lowest BCUT2D eigenvalue weighted by atomic mass is 10.1. The molecule has 0 bridgehead atoms. The molecule has 0 unspecified atom stereocenters. The molecule has 1 amide bonds. The maximum atomic E-state index is 13.0. The molecule has 0 fully saturated rings. The van der Waals surface area contributed by atoms with Gasteiger partial charge in [-0.1, -0.05) is 29.8 Å². The van der Waals surface area contributed by atoms with Crippen molar-refractivity contribution in [3.8, 4) is 17.3 Å². The number of benzene rings is 2. The highest BCUT2D eigenvalue weighted by Crippen LogP contribution is 2.20. The van der Waals surface area contributed by atoms with Crippen LogP contribution in [0.4, 0.5) is 0 Å². The van der Waals surface area contributed by atoms with Gasteiger partial charge in [0.1, 0.15) is 11.3 Å². The Kier molecular flexibility index (Phi) is 6.17. The van der Waals surface area contributed by atoms with E-state index in [1.807, 2.05) is 91.5 Å². The van der Waals surface area contributed by atoms with E-state index in [1.54, 1.807) is 10.9 Å². The molecular weight excluding hydrogens is 388 g/mol. The van der Waals surface area contributed by atoms with Crippen molar-refractivity contribution in [2.45, 2.75) is 20.3 Å². The third kappa shape index (κ3) is 4.69. The van der Waals surface area contributed by atoms with Crippen LogP contribution in [0.5, 0.6) is 5.75 Å². The van der Waals surface area contributed by atoms with Gasteiger partial charge in [-0.3, -0.25) is 4.79 Å². The second-order valence-electron chi connectivity index (χ2n) is 7.30. The van der Waals surface area contributed by atoms with Gasteiger partial charge < -0.3 is 14.6 Å². The van der Waals surface area contributed by atoms with E-state index in [0.717, 1.165) is 23.4 Å². The summed E-state index contributed by atoms with van der Waals surface area (Å²) in [5.41, 5.74) is 3.75. The third-order valence-corrected chi connectivity index (χ3v) is 5.05. The number of nitrogens with zero attached hydrogens (tertiary/aromatic N) is 3. The van der Waals surface area contributed by atoms with Crippen LogP contribution in [0.15, 0.2) is 79.3 Å². The Labute approximate surface area is 182 Å². The van der Waals surface area contributed by atoms with Crippen LogP contribution in [-0.4, -0.2) is 33.4 Å². The first-order valence-corrected chi connectivity index (χ1v) is 10.4. The number of carbonyl (C=O) groups is 1. The van der Waals surface area contributed by atoms with Crippen molar-refractivity contribution in [3.63, 3.8) is 0 Å². The number of carbonyl (C=O) groups excluding carboxylic acids is 1. The van der Waals surface area contributed by atoms with Gasteiger partial charge in [0.15, 0.2) is 5.82 Å². The van der Waals surface area contributed by atoms with Crippen molar-refractivity contribution in [1.82, 2.24) is 19.7 Å². The summed E-state index contributed by atoms with van der Waals surface area (Å²) < 4.78 is 9.18. The predicted octanol–water partition coefficient (Wildman–Crippen LogP) is 4.34. The van der Waals surface area contributed by atoms with Crippen molar-refractivity contribution < 1.29 is 9.53 Å². The summed E-state index contributed by atoms with van der Waals surface area (Å²) in [7, 11) is 0. The van der Waals surface area contributed by atoms with Crippen molar-refractivity contribution in [2.24, 2.45) is 0 Å². The minimum absolute atomic E-state index is 0.145. The lowest BCUT2D eigenvalue weighted by Gasteiger charge is -2.11. The highest BCUT2D eigenvalue weighted by molar-refractivity contribution is 5.97. The molecule has 0 spiro atoms. The molecule has 0 aliphatic carbocycles. The lowest BCUT2D eigenvalue weighted by molar-refractivity contribution is 0.0954. The second-order valence-corrected chi connectivity index (χ2v) is 7.30. The van der Waals surface area contributed by atoms with Gasteiger partial charge in [0.2, 0.25) is 0 Å². The molecule has 1 N–H and O–H groups in total. The fraction of sp³-hybridized carbons (Fsp3) is 0.200. The molecule has 6 heteroatoms. The summed E-state index contributed by atoms with van der Waals surface area (Å²) in [5.74, 6) is 1.43. The Morgan fingerprint density at radius 3 is 2.42 bits per heavy atom. The Balaban J connectivity index is 1.50. The molecule has 2 heterocycles. The van der Waals surface area contributed by atoms with Gasteiger partial charge in [-0.05, 0) is 62.2 Å². The molecule has 0 saturated heterocycles. The summed E-state index contributed by atoms with van der Waals surface area (Å²) in [5, 5.41) is 7.53. The number of hydrogen-bond acceptors (Lipinski definition) is 3. The zero-order valence-electron chi connectivity index (χ0n) is 17.8. The summed E-state index contributed by atoms with van der Waals surface area (Å²) in [6, 6.07) is 19.9. The van der Waals surface area contributed by atoms with Gasteiger partial charge in [-0.15, -0.1) is 0 Å². The highest BCUT2D eigenvalue weighted by Gasteiger charge is 2.19. The molecule has 0 atom stereocenters. The van der Waals surface area contributed by atoms with Gasteiger partial charge in [0.05, 0.1) is 18.5 Å². The Morgan fingerprint density at radius 2 is 1.74 bits per heavy atom. The number of nitrogens with one attached hydrogen (secondary N) is 1. The standard InChI is InChI=1S/C25H26N4O2/c1-3-31-22-12-8-20(9-13-22)14-15-26-24(30)23-18-27-29(21-10-6-19(2)7-11-21)25(23)28-16-4-5-17-28/h4-13,16-18H,3,14-15H2,1-2H3,(H,26,30). The molecule has 4 rings (SSSR count). The van der Waals surface area contributed by atoms with Crippen LogP contribution in [0.2, 0.25) is 0 Å². The van der Waals surface area contributed by atoms with Crippen LogP contribution in [0.3, 0.4) is 0 Å². The molecule has 2 aromatic carbocycles. The molecule has 158 valence electrons. The summed E-state index contributed by atoms with van der Waals surface area (Å²) in [6.45, 7) is 5.19. The number of aromatic nitrogens is 3. The monoisotopic (exact) mass is 414 g/mol. The molecule has 0 aliphatic rings. The van der Waals surface area contributed by atoms with Crippen LogP contribution in [0.25, 0.3) is 11.5 Å². The van der Waals surface area contributed by atoms with Gasteiger partial charge in [0, 0.05) is 18.9 Å². The van der Waals surface area contributed by atoms with Crippen molar-refractivity contribution in [1.29, 1.82) is 0 Å². The lowest BCUT2D eigenvalue weighted by Crippen LogP contribution is -2.26. The minimum Gasteiger partial charge on any atom is -0.494 e. The van der Waals surface area contributed by atoms with Gasteiger partial charge in [-0.2, -0.15) is 5.10 Å². The van der Waals surface area contributed by atoms with E-state index in [1.165, 1.54) is 5.56 Å². The van der Waals surface area contributed by atoms with Crippen LogP contribution in [0.1, 0.15) is 28.4 Å². The fourth-order valence-corrected chi connectivity index (χ4v) is 3.44. The molecule has 2 aromatic heterocycles. The van der Waals surface area contributed by atoms with E-state index in [9.17, 15) is 4.79 Å². The first kappa shape index (κ1) is 20.5. The first-order valence-electron chi connectivity index (χ1n) is 10.4. The average Bonchev–Trinajstić information content (AvgIpc) is 3.45. The van der Waals surface area contributed by atoms with Crippen LogP contribution in [0, 0.1) is 6.92 Å². The van der Waals surface area contributed by atoms with E-state index >= 15 is 0 Å². The summed E-state index contributed by atoms with van der Waals surface area (Å²) in [4.78, 5) is 13.0. The van der Waals surface area contributed by atoms with Crippen LogP contribution in [-0.2, 0) is 6.42 Å². The van der Waals surface area contributed by atoms with E-state index in [0.29, 0.717) is 24.5 Å². The third-order valence-electron chi connectivity index (χ3n) is 5.05. The average molecular weight is 415 g/mol. The van der Waals surface area contributed by atoms with Gasteiger partial charge in [0.25, 0.3) is 5.91 Å². The molecule has 6 nitrogen and oxygen atoms in total. The largest absolute Gasteiger partial charge is 0.494 e. The highest BCUT2D eigenvalue weighted by atomic mass is 16.5. The number of amides is 1. The van der Waals surface area contributed by atoms with Crippen molar-refractivity contribution in [3.05, 3.63) is 95.9 Å². The smallest absolute Gasteiger partial charge is 0.256 e. The van der Waals surface area contributed by atoms with Crippen LogP contribution < -0.4 is 10.1 Å². The minimum atomic E-state index is -0.145. The fourth-order valence-electron chi connectivity index (χ4n) is 3.44. The Bertz CT molecular complexity index is 1130.